The maximum atomic E-state index is 12.9. The molecule has 8 heteroatoms. The summed E-state index contributed by atoms with van der Waals surface area (Å²) in [4.78, 5) is 25.6. The number of nitrogens with zero attached hydrogens (tertiary/aromatic N) is 2. The first-order chi connectivity index (χ1) is 13.5. The summed E-state index contributed by atoms with van der Waals surface area (Å²) in [5, 5.41) is 9.56. The van der Waals surface area contributed by atoms with Crippen molar-refractivity contribution in [3.63, 3.8) is 0 Å². The second-order valence-electron chi connectivity index (χ2n) is 8.32. The normalized spacial score (nSPS) is 13.6. The molecule has 0 spiro atoms. The number of aryl methyl sites for hydroxylation is 2. The molecule has 1 aromatic carbocycles. The summed E-state index contributed by atoms with van der Waals surface area (Å²) in [5.74, 6) is -0.652. The van der Waals surface area contributed by atoms with E-state index in [4.69, 9.17) is 5.73 Å². The van der Waals surface area contributed by atoms with Crippen molar-refractivity contribution < 1.29 is 9.59 Å². The molecule has 2 rings (SSSR count). The molecule has 0 saturated carbocycles. The van der Waals surface area contributed by atoms with Crippen molar-refractivity contribution in [3.8, 4) is 0 Å². The summed E-state index contributed by atoms with van der Waals surface area (Å²) in [6.45, 7) is 8.30. The average Bonchev–Trinajstić information content (AvgIpc) is 3.01. The van der Waals surface area contributed by atoms with E-state index in [2.05, 4.69) is 28.4 Å². The number of amides is 2. The maximum absolute atomic E-state index is 12.9. The largest absolute Gasteiger partial charge is 0.352 e. The van der Waals surface area contributed by atoms with Crippen LogP contribution in [0.2, 0.25) is 0 Å². The van der Waals surface area contributed by atoms with E-state index in [9.17, 15) is 9.59 Å². The lowest BCUT2D eigenvalue weighted by molar-refractivity contribution is -0.122. The molecule has 2 aromatic rings. The zero-order valence-electron chi connectivity index (χ0n) is 17.7. The number of hydrogen-bond acceptors (Lipinski definition) is 5. The minimum Gasteiger partial charge on any atom is -0.352 e. The second-order valence-corrected chi connectivity index (χ2v) is 8.98. The molecule has 0 unspecified atom stereocenters. The molecule has 2 amide bonds. The number of thiol groups is 1. The van der Waals surface area contributed by atoms with Crippen LogP contribution in [-0.4, -0.2) is 39.6 Å². The fourth-order valence-electron chi connectivity index (χ4n) is 2.89. The van der Waals surface area contributed by atoms with E-state index < -0.39 is 11.4 Å². The highest BCUT2D eigenvalue weighted by Gasteiger charge is 2.26. The van der Waals surface area contributed by atoms with Crippen LogP contribution in [0.4, 0.5) is 0 Å². The highest BCUT2D eigenvalue weighted by Crippen LogP contribution is 2.21. The van der Waals surface area contributed by atoms with Crippen LogP contribution in [-0.2, 0) is 23.7 Å². The van der Waals surface area contributed by atoms with Crippen LogP contribution in [0.3, 0.4) is 0 Å². The zero-order valence-corrected chi connectivity index (χ0v) is 18.6. The van der Waals surface area contributed by atoms with Crippen LogP contribution in [0, 0.1) is 6.92 Å². The third kappa shape index (κ3) is 6.61. The Labute approximate surface area is 177 Å². The van der Waals surface area contributed by atoms with Gasteiger partial charge in [-0.2, -0.15) is 17.7 Å². The van der Waals surface area contributed by atoms with Crippen molar-refractivity contribution in [2.24, 2.45) is 12.8 Å². The summed E-state index contributed by atoms with van der Waals surface area (Å²) in [7, 11) is 1.72. The van der Waals surface area contributed by atoms with E-state index in [0.29, 0.717) is 12.1 Å². The van der Waals surface area contributed by atoms with E-state index in [1.165, 1.54) is 0 Å². The predicted octanol–water partition coefficient (Wildman–Crippen LogP) is 1.70. The SMILES string of the molecule is Cc1cccc(C[C@H](NC(=O)c2cc(C(C)(C)C)nn2C)C(=O)NC[C@H](N)S)c1. The molecule has 29 heavy (non-hydrogen) atoms. The summed E-state index contributed by atoms with van der Waals surface area (Å²) in [6.07, 6.45) is 0.366. The van der Waals surface area contributed by atoms with Crippen molar-refractivity contribution in [1.82, 2.24) is 20.4 Å². The fourth-order valence-corrected chi connectivity index (χ4v) is 2.98. The average molecular weight is 418 g/mol. The van der Waals surface area contributed by atoms with Gasteiger partial charge in [-0.25, -0.2) is 0 Å². The van der Waals surface area contributed by atoms with Crippen molar-refractivity contribution in [3.05, 3.63) is 52.8 Å². The number of nitrogens with two attached hydrogens (primary N) is 1. The van der Waals surface area contributed by atoms with Crippen molar-refractivity contribution >= 4 is 24.4 Å². The number of rotatable bonds is 7. The molecule has 0 bridgehead atoms. The molecular formula is C21H31N5O2S. The van der Waals surface area contributed by atoms with Gasteiger partial charge in [-0.1, -0.05) is 50.6 Å². The Balaban J connectivity index is 2.23. The second kappa shape index (κ2) is 9.45. The molecule has 4 N–H and O–H groups in total. The van der Waals surface area contributed by atoms with Crippen LogP contribution in [0.25, 0.3) is 0 Å². The predicted molar refractivity (Wildman–Crippen MR) is 118 cm³/mol. The molecule has 1 aromatic heterocycles. The van der Waals surface area contributed by atoms with E-state index >= 15 is 0 Å². The van der Waals surface area contributed by atoms with Gasteiger partial charge in [0.1, 0.15) is 11.7 Å². The van der Waals surface area contributed by atoms with Gasteiger partial charge in [0.25, 0.3) is 5.91 Å². The summed E-state index contributed by atoms with van der Waals surface area (Å²) in [5.41, 5.74) is 8.70. The standard InChI is InChI=1S/C21H31N5O2S/c1-13-7-6-8-14(9-13)10-15(19(27)23-12-18(22)29)24-20(28)16-11-17(21(2,3)4)25-26(16)5/h6-9,11,15,18,29H,10,12,22H2,1-5H3,(H,23,27)(H,24,28)/t15-,18+/m0/s1. The number of carbonyl (C=O) groups is 2. The van der Waals surface area contributed by atoms with E-state index in [1.54, 1.807) is 17.8 Å². The molecule has 0 aliphatic heterocycles. The Morgan fingerprint density at radius 1 is 1.28 bits per heavy atom. The monoisotopic (exact) mass is 417 g/mol. The van der Waals surface area contributed by atoms with Crippen LogP contribution < -0.4 is 16.4 Å². The van der Waals surface area contributed by atoms with E-state index in [1.807, 2.05) is 52.0 Å². The maximum Gasteiger partial charge on any atom is 0.270 e. The van der Waals surface area contributed by atoms with Gasteiger partial charge in [-0.15, -0.1) is 0 Å². The molecule has 1 heterocycles. The lowest BCUT2D eigenvalue weighted by Crippen LogP contribution is -2.50. The zero-order chi connectivity index (χ0) is 21.8. The van der Waals surface area contributed by atoms with Gasteiger partial charge in [0.05, 0.1) is 11.1 Å². The Morgan fingerprint density at radius 2 is 1.97 bits per heavy atom. The van der Waals surface area contributed by atoms with Crippen LogP contribution >= 0.6 is 12.6 Å². The molecular weight excluding hydrogens is 386 g/mol. The van der Waals surface area contributed by atoms with Crippen LogP contribution in [0.15, 0.2) is 30.3 Å². The number of carbonyl (C=O) groups excluding carboxylic acids is 2. The van der Waals surface area contributed by atoms with Gasteiger partial charge in [-0.05, 0) is 18.6 Å². The van der Waals surface area contributed by atoms with Gasteiger partial charge in [0.2, 0.25) is 5.91 Å². The molecule has 0 radical (unpaired) electrons. The topological polar surface area (TPSA) is 102 Å². The Hall–Kier alpha value is -2.32. The van der Waals surface area contributed by atoms with E-state index in [-0.39, 0.29) is 23.8 Å². The number of nitrogens with one attached hydrogen (secondary N) is 2. The third-order valence-corrected chi connectivity index (χ3v) is 4.69. The van der Waals surface area contributed by atoms with Crippen LogP contribution in [0.1, 0.15) is 48.1 Å². The summed E-state index contributed by atoms with van der Waals surface area (Å²) < 4.78 is 1.54. The van der Waals surface area contributed by atoms with Crippen molar-refractivity contribution in [2.45, 2.75) is 50.9 Å². The Morgan fingerprint density at radius 3 is 2.52 bits per heavy atom. The molecule has 0 saturated heterocycles. The minimum atomic E-state index is -0.746. The van der Waals surface area contributed by atoms with Crippen LogP contribution in [0.5, 0.6) is 0 Å². The molecule has 0 aliphatic rings. The minimum absolute atomic E-state index is 0.183. The Kier molecular flexibility index (Phi) is 7.48. The van der Waals surface area contributed by atoms with Gasteiger partial charge < -0.3 is 16.4 Å². The Bertz CT molecular complexity index is 870. The lowest BCUT2D eigenvalue weighted by Gasteiger charge is -2.19. The smallest absolute Gasteiger partial charge is 0.270 e. The number of aromatic nitrogens is 2. The summed E-state index contributed by atoms with van der Waals surface area (Å²) in [6, 6.07) is 8.87. The van der Waals surface area contributed by atoms with Gasteiger partial charge >= 0.3 is 0 Å². The van der Waals surface area contributed by atoms with Gasteiger partial charge in [0, 0.05) is 25.4 Å². The highest BCUT2D eigenvalue weighted by atomic mass is 32.1. The molecule has 158 valence electrons. The van der Waals surface area contributed by atoms with Gasteiger partial charge in [-0.3, -0.25) is 14.3 Å². The van der Waals surface area contributed by atoms with Crippen molar-refractivity contribution in [1.29, 1.82) is 0 Å². The first kappa shape index (κ1) is 23.0. The third-order valence-electron chi connectivity index (χ3n) is 4.51. The summed E-state index contributed by atoms with van der Waals surface area (Å²) >= 11 is 4.09. The molecule has 7 nitrogen and oxygen atoms in total. The first-order valence-electron chi connectivity index (χ1n) is 9.59. The van der Waals surface area contributed by atoms with Crippen molar-refractivity contribution in [2.75, 3.05) is 6.54 Å². The van der Waals surface area contributed by atoms with E-state index in [0.717, 1.165) is 16.8 Å². The quantitative estimate of drug-likeness (QED) is 0.407. The fraction of sp³-hybridized carbons (Fsp3) is 0.476. The number of hydrogen-bond donors (Lipinski definition) is 4. The highest BCUT2D eigenvalue weighted by molar-refractivity contribution is 7.80. The lowest BCUT2D eigenvalue weighted by atomic mass is 9.92. The molecule has 0 aliphatic carbocycles. The van der Waals surface area contributed by atoms with Gasteiger partial charge in [0.15, 0.2) is 0 Å². The molecule has 0 fully saturated rings. The first-order valence-corrected chi connectivity index (χ1v) is 10.1. The molecule has 2 atom stereocenters. The number of benzene rings is 1.